The second kappa shape index (κ2) is 6.68. The van der Waals surface area contributed by atoms with Crippen LogP contribution in [-0.4, -0.2) is 32.4 Å². The van der Waals surface area contributed by atoms with Gasteiger partial charge in [0, 0.05) is 11.1 Å². The SMILES string of the molecule is COc1ccc(CCc2cc(-c3ccccc3)nn3nnnc23)cc1. The minimum Gasteiger partial charge on any atom is -0.497 e. The predicted molar refractivity (Wildman–Crippen MR) is 94.4 cm³/mol. The highest BCUT2D eigenvalue weighted by molar-refractivity contribution is 5.62. The van der Waals surface area contributed by atoms with Gasteiger partial charge in [0.25, 0.3) is 0 Å². The Morgan fingerprint density at radius 1 is 0.960 bits per heavy atom. The quantitative estimate of drug-likeness (QED) is 0.562. The molecule has 0 saturated carbocycles. The van der Waals surface area contributed by atoms with E-state index in [-0.39, 0.29) is 0 Å². The first-order valence-corrected chi connectivity index (χ1v) is 8.10. The molecule has 0 aliphatic rings. The van der Waals surface area contributed by atoms with Crippen molar-refractivity contribution in [2.24, 2.45) is 0 Å². The van der Waals surface area contributed by atoms with E-state index in [9.17, 15) is 0 Å². The van der Waals surface area contributed by atoms with E-state index in [4.69, 9.17) is 4.74 Å². The average Bonchev–Trinajstić information content (AvgIpc) is 3.16. The number of aromatic nitrogens is 5. The molecule has 0 fully saturated rings. The Kier molecular flexibility index (Phi) is 4.08. The van der Waals surface area contributed by atoms with Crippen LogP contribution >= 0.6 is 0 Å². The van der Waals surface area contributed by atoms with Crippen molar-refractivity contribution in [2.75, 3.05) is 7.11 Å². The van der Waals surface area contributed by atoms with Gasteiger partial charge in [-0.15, -0.1) is 14.8 Å². The summed E-state index contributed by atoms with van der Waals surface area (Å²) in [5.41, 5.74) is 4.93. The lowest BCUT2D eigenvalue weighted by Crippen LogP contribution is -2.02. The Morgan fingerprint density at radius 3 is 2.52 bits per heavy atom. The zero-order valence-corrected chi connectivity index (χ0v) is 13.8. The van der Waals surface area contributed by atoms with Crippen molar-refractivity contribution >= 4 is 5.65 Å². The van der Waals surface area contributed by atoms with E-state index in [0.717, 1.165) is 35.4 Å². The predicted octanol–water partition coefficient (Wildman–Crippen LogP) is 2.98. The smallest absolute Gasteiger partial charge is 0.203 e. The lowest BCUT2D eigenvalue weighted by atomic mass is 10.0. The molecule has 0 N–H and O–H groups in total. The molecule has 6 nitrogen and oxygen atoms in total. The van der Waals surface area contributed by atoms with E-state index in [1.165, 1.54) is 10.2 Å². The fourth-order valence-corrected chi connectivity index (χ4v) is 2.81. The minimum absolute atomic E-state index is 0.702. The van der Waals surface area contributed by atoms with E-state index in [2.05, 4.69) is 38.8 Å². The van der Waals surface area contributed by atoms with Crippen molar-refractivity contribution in [2.45, 2.75) is 12.8 Å². The molecule has 2 aromatic heterocycles. The van der Waals surface area contributed by atoms with Crippen LogP contribution in [0.5, 0.6) is 5.75 Å². The maximum absolute atomic E-state index is 5.21. The summed E-state index contributed by atoms with van der Waals surface area (Å²) in [6.45, 7) is 0. The number of tetrazole rings is 1. The molecule has 0 bridgehead atoms. The van der Waals surface area contributed by atoms with Crippen molar-refractivity contribution in [1.82, 2.24) is 25.3 Å². The summed E-state index contributed by atoms with van der Waals surface area (Å²) in [5.74, 6) is 0.864. The second-order valence-electron chi connectivity index (χ2n) is 5.76. The molecular formula is C19H17N5O. The minimum atomic E-state index is 0.702. The number of nitrogens with zero attached hydrogens (tertiary/aromatic N) is 5. The van der Waals surface area contributed by atoms with Crippen molar-refractivity contribution in [3.05, 3.63) is 71.8 Å². The summed E-state index contributed by atoms with van der Waals surface area (Å²) < 4.78 is 6.71. The highest BCUT2D eigenvalue weighted by atomic mass is 16.5. The van der Waals surface area contributed by atoms with E-state index >= 15 is 0 Å². The number of rotatable bonds is 5. The third-order valence-corrected chi connectivity index (χ3v) is 4.17. The molecule has 0 saturated heterocycles. The summed E-state index contributed by atoms with van der Waals surface area (Å²) >= 11 is 0. The maximum atomic E-state index is 5.21. The van der Waals surface area contributed by atoms with Crippen LogP contribution in [0.15, 0.2) is 60.7 Å². The Bertz CT molecular complexity index is 980. The Hall–Kier alpha value is -3.28. The third-order valence-electron chi connectivity index (χ3n) is 4.17. The molecule has 0 atom stereocenters. The van der Waals surface area contributed by atoms with Crippen LogP contribution < -0.4 is 4.74 Å². The number of aryl methyl sites for hydroxylation is 2. The van der Waals surface area contributed by atoms with Crippen LogP contribution in [0, 0.1) is 0 Å². The van der Waals surface area contributed by atoms with Crippen LogP contribution in [0.25, 0.3) is 16.9 Å². The van der Waals surface area contributed by atoms with Crippen LogP contribution in [0.2, 0.25) is 0 Å². The van der Waals surface area contributed by atoms with E-state index in [1.54, 1.807) is 7.11 Å². The van der Waals surface area contributed by atoms with Crippen molar-refractivity contribution in [3.8, 4) is 17.0 Å². The normalized spacial score (nSPS) is 10.9. The van der Waals surface area contributed by atoms with Crippen LogP contribution in [0.1, 0.15) is 11.1 Å². The second-order valence-corrected chi connectivity index (χ2v) is 5.76. The topological polar surface area (TPSA) is 65.2 Å². The van der Waals surface area contributed by atoms with Crippen molar-refractivity contribution in [3.63, 3.8) is 0 Å². The molecule has 6 heteroatoms. The standard InChI is InChI=1S/C19H17N5O/c1-25-17-11-8-14(9-12-17)7-10-16-13-18(15-5-3-2-4-6-15)21-24-19(16)20-22-23-24/h2-6,8-9,11-13H,7,10H2,1H3. The molecule has 0 unspecified atom stereocenters. The van der Waals surface area contributed by atoms with Gasteiger partial charge in [-0.3, -0.25) is 0 Å². The largest absolute Gasteiger partial charge is 0.497 e. The van der Waals surface area contributed by atoms with Gasteiger partial charge in [-0.1, -0.05) is 42.5 Å². The first-order valence-electron chi connectivity index (χ1n) is 8.10. The fraction of sp³-hybridized carbons (Fsp3) is 0.158. The number of hydrogen-bond donors (Lipinski definition) is 0. The number of fused-ring (bicyclic) bond motifs is 1. The maximum Gasteiger partial charge on any atom is 0.203 e. The zero-order valence-electron chi connectivity index (χ0n) is 13.8. The lowest BCUT2D eigenvalue weighted by molar-refractivity contribution is 0.414. The van der Waals surface area contributed by atoms with Gasteiger partial charge < -0.3 is 4.74 Å². The Balaban J connectivity index is 1.64. The van der Waals surface area contributed by atoms with Gasteiger partial charge in [-0.2, -0.15) is 0 Å². The number of methoxy groups -OCH3 is 1. The van der Waals surface area contributed by atoms with Gasteiger partial charge in [0.15, 0.2) is 0 Å². The highest BCUT2D eigenvalue weighted by Gasteiger charge is 2.11. The molecule has 4 aromatic rings. The van der Waals surface area contributed by atoms with Crippen LogP contribution in [0.4, 0.5) is 0 Å². The molecule has 0 radical (unpaired) electrons. The van der Waals surface area contributed by atoms with Gasteiger partial charge in [0.2, 0.25) is 5.65 Å². The molecule has 124 valence electrons. The molecule has 0 amide bonds. The van der Waals surface area contributed by atoms with Gasteiger partial charge in [-0.05, 0) is 47.0 Å². The molecule has 0 spiro atoms. The summed E-state index contributed by atoms with van der Waals surface area (Å²) in [6.07, 6.45) is 1.73. The first-order chi connectivity index (χ1) is 12.3. The molecule has 0 aliphatic carbocycles. The fourth-order valence-electron chi connectivity index (χ4n) is 2.81. The third kappa shape index (κ3) is 3.19. The van der Waals surface area contributed by atoms with Crippen molar-refractivity contribution in [1.29, 1.82) is 0 Å². The van der Waals surface area contributed by atoms with Crippen molar-refractivity contribution < 1.29 is 4.74 Å². The van der Waals surface area contributed by atoms with Gasteiger partial charge >= 0.3 is 0 Å². The van der Waals surface area contributed by atoms with Gasteiger partial charge in [0.05, 0.1) is 12.8 Å². The average molecular weight is 331 g/mol. The highest BCUT2D eigenvalue weighted by Crippen LogP contribution is 2.21. The first kappa shape index (κ1) is 15.3. The zero-order chi connectivity index (χ0) is 17.1. The molecule has 0 aliphatic heterocycles. The summed E-state index contributed by atoms with van der Waals surface area (Å²) in [4.78, 5) is 0. The number of ether oxygens (including phenoxy) is 1. The molecule has 2 heterocycles. The summed E-state index contributed by atoms with van der Waals surface area (Å²) in [5, 5.41) is 16.3. The van der Waals surface area contributed by atoms with E-state index in [1.807, 2.05) is 42.5 Å². The Morgan fingerprint density at radius 2 is 1.76 bits per heavy atom. The molecular weight excluding hydrogens is 314 g/mol. The van der Waals surface area contributed by atoms with Gasteiger partial charge in [-0.25, -0.2) is 0 Å². The number of benzene rings is 2. The van der Waals surface area contributed by atoms with Crippen LogP contribution in [0.3, 0.4) is 0 Å². The van der Waals surface area contributed by atoms with E-state index in [0.29, 0.717) is 5.65 Å². The molecule has 2 aromatic carbocycles. The summed E-state index contributed by atoms with van der Waals surface area (Å²) in [6, 6.07) is 20.2. The lowest BCUT2D eigenvalue weighted by Gasteiger charge is -2.07. The van der Waals surface area contributed by atoms with Crippen LogP contribution in [-0.2, 0) is 12.8 Å². The Labute approximate surface area is 145 Å². The molecule has 4 rings (SSSR count). The molecule has 25 heavy (non-hydrogen) atoms. The van der Waals surface area contributed by atoms with E-state index < -0.39 is 0 Å². The number of hydrogen-bond acceptors (Lipinski definition) is 5. The monoisotopic (exact) mass is 331 g/mol. The summed E-state index contributed by atoms with van der Waals surface area (Å²) in [7, 11) is 1.67. The van der Waals surface area contributed by atoms with Gasteiger partial charge in [0.1, 0.15) is 5.75 Å².